The molecule has 0 rings (SSSR count). The maximum Gasteiger partial charge on any atom is 0.389 e. The average Bonchev–Trinajstić information content (AvgIpc) is 1.96. The van der Waals surface area contributed by atoms with Crippen LogP contribution in [-0.2, 0) is 10.0 Å². The number of halogens is 3. The average molecular weight is 233 g/mol. The highest BCUT2D eigenvalue weighted by atomic mass is 32.2. The van der Waals surface area contributed by atoms with Gasteiger partial charge < -0.3 is 0 Å². The van der Waals surface area contributed by atoms with Crippen LogP contribution in [0.25, 0.3) is 0 Å². The Morgan fingerprint density at radius 1 is 1.29 bits per heavy atom. The van der Waals surface area contributed by atoms with Gasteiger partial charge in [0, 0.05) is 13.0 Å². The minimum Gasteiger partial charge on any atom is -0.215 e. The van der Waals surface area contributed by atoms with Gasteiger partial charge >= 0.3 is 6.18 Å². The van der Waals surface area contributed by atoms with E-state index in [9.17, 15) is 21.6 Å². The SMILES string of the molecule is CC(C)S(=O)(=O)NCCCC(F)(F)F. The number of hydrogen-bond donors (Lipinski definition) is 1. The van der Waals surface area contributed by atoms with Crippen LogP contribution in [0.1, 0.15) is 26.7 Å². The molecule has 0 atom stereocenters. The molecule has 3 nitrogen and oxygen atoms in total. The standard InChI is InChI=1S/C7H14F3NO2S/c1-6(2)14(12,13)11-5-3-4-7(8,9)10/h6,11H,3-5H2,1-2H3. The Kier molecular flexibility index (Phi) is 4.87. The Balaban J connectivity index is 3.77. The van der Waals surface area contributed by atoms with Crippen molar-refractivity contribution in [3.63, 3.8) is 0 Å². The Labute approximate surface area is 81.7 Å². The Morgan fingerprint density at radius 3 is 2.14 bits per heavy atom. The van der Waals surface area contributed by atoms with Crippen molar-refractivity contribution in [1.29, 1.82) is 0 Å². The summed E-state index contributed by atoms with van der Waals surface area (Å²) in [5.74, 6) is 0. The van der Waals surface area contributed by atoms with Gasteiger partial charge in [0.05, 0.1) is 5.25 Å². The fraction of sp³-hybridized carbons (Fsp3) is 1.00. The second kappa shape index (κ2) is 4.97. The van der Waals surface area contributed by atoms with E-state index in [-0.39, 0.29) is 13.0 Å². The summed E-state index contributed by atoms with van der Waals surface area (Å²) in [5.41, 5.74) is 0. The summed E-state index contributed by atoms with van der Waals surface area (Å²) in [6.07, 6.45) is -5.41. The smallest absolute Gasteiger partial charge is 0.215 e. The first-order valence-electron chi connectivity index (χ1n) is 4.20. The van der Waals surface area contributed by atoms with Crippen LogP contribution in [0.4, 0.5) is 13.2 Å². The van der Waals surface area contributed by atoms with E-state index in [1.165, 1.54) is 13.8 Å². The minimum atomic E-state index is -4.22. The highest BCUT2D eigenvalue weighted by Crippen LogP contribution is 2.20. The van der Waals surface area contributed by atoms with Crippen LogP contribution >= 0.6 is 0 Å². The molecule has 14 heavy (non-hydrogen) atoms. The van der Waals surface area contributed by atoms with Gasteiger partial charge in [-0.15, -0.1) is 0 Å². The molecule has 7 heteroatoms. The molecule has 0 saturated carbocycles. The van der Waals surface area contributed by atoms with Gasteiger partial charge in [0.25, 0.3) is 0 Å². The monoisotopic (exact) mass is 233 g/mol. The fourth-order valence-electron chi connectivity index (χ4n) is 0.670. The predicted octanol–water partition coefficient (Wildman–Crippen LogP) is 1.66. The molecule has 0 fully saturated rings. The maximum absolute atomic E-state index is 11.7. The number of hydrogen-bond acceptors (Lipinski definition) is 2. The van der Waals surface area contributed by atoms with Crippen LogP contribution in [0.5, 0.6) is 0 Å². The molecule has 0 saturated heterocycles. The van der Waals surface area contributed by atoms with E-state index in [4.69, 9.17) is 0 Å². The van der Waals surface area contributed by atoms with Crippen molar-refractivity contribution in [2.75, 3.05) is 6.54 Å². The summed E-state index contributed by atoms with van der Waals surface area (Å²) in [6.45, 7) is 2.76. The van der Waals surface area contributed by atoms with Crippen molar-refractivity contribution < 1.29 is 21.6 Å². The lowest BCUT2D eigenvalue weighted by Gasteiger charge is -2.10. The van der Waals surface area contributed by atoms with Gasteiger partial charge in [-0.25, -0.2) is 13.1 Å². The number of nitrogens with one attached hydrogen (secondary N) is 1. The highest BCUT2D eigenvalue weighted by molar-refractivity contribution is 7.90. The minimum absolute atomic E-state index is 0.167. The van der Waals surface area contributed by atoms with E-state index in [2.05, 4.69) is 4.72 Å². The van der Waals surface area contributed by atoms with Gasteiger partial charge in [0.15, 0.2) is 0 Å². The molecular weight excluding hydrogens is 219 g/mol. The summed E-state index contributed by atoms with van der Waals surface area (Å²) in [5, 5.41) is -0.617. The van der Waals surface area contributed by atoms with Crippen LogP contribution in [-0.4, -0.2) is 26.4 Å². The molecule has 0 aromatic carbocycles. The van der Waals surface area contributed by atoms with E-state index < -0.39 is 27.9 Å². The molecule has 0 aliphatic heterocycles. The summed E-state index contributed by atoms with van der Waals surface area (Å²) in [4.78, 5) is 0. The third-order valence-corrected chi connectivity index (χ3v) is 3.41. The largest absolute Gasteiger partial charge is 0.389 e. The molecular formula is C7H14F3NO2S. The Bertz CT molecular complexity index is 259. The summed E-state index contributed by atoms with van der Waals surface area (Å²) in [6, 6.07) is 0. The van der Waals surface area contributed by atoms with Crippen molar-refractivity contribution >= 4 is 10.0 Å². The Morgan fingerprint density at radius 2 is 1.79 bits per heavy atom. The van der Waals surface area contributed by atoms with Crippen molar-refractivity contribution in [2.24, 2.45) is 0 Å². The number of alkyl halides is 3. The first-order valence-corrected chi connectivity index (χ1v) is 5.75. The zero-order chi connectivity index (χ0) is 11.4. The highest BCUT2D eigenvalue weighted by Gasteiger charge is 2.26. The third-order valence-electron chi connectivity index (χ3n) is 1.56. The van der Waals surface area contributed by atoms with E-state index in [1.807, 2.05) is 0 Å². The third kappa shape index (κ3) is 6.20. The molecule has 0 spiro atoms. The molecule has 0 bridgehead atoms. The molecule has 86 valence electrons. The Hall–Kier alpha value is -0.300. The molecule has 0 radical (unpaired) electrons. The van der Waals surface area contributed by atoms with Crippen molar-refractivity contribution in [3.05, 3.63) is 0 Å². The molecule has 1 N–H and O–H groups in total. The zero-order valence-electron chi connectivity index (χ0n) is 8.06. The number of rotatable bonds is 5. The molecule has 0 aromatic heterocycles. The predicted molar refractivity (Wildman–Crippen MR) is 47.3 cm³/mol. The lowest BCUT2D eigenvalue weighted by molar-refractivity contribution is -0.135. The van der Waals surface area contributed by atoms with E-state index in [1.54, 1.807) is 0 Å². The molecule has 0 heterocycles. The lowest BCUT2D eigenvalue weighted by Crippen LogP contribution is -2.32. The second-order valence-electron chi connectivity index (χ2n) is 3.21. The summed E-state index contributed by atoms with van der Waals surface area (Å²) < 4.78 is 59.2. The van der Waals surface area contributed by atoms with Crippen LogP contribution in [0.3, 0.4) is 0 Å². The summed E-state index contributed by atoms with van der Waals surface area (Å²) in [7, 11) is -3.43. The van der Waals surface area contributed by atoms with Crippen LogP contribution in [0.15, 0.2) is 0 Å². The van der Waals surface area contributed by atoms with E-state index in [0.717, 1.165) is 0 Å². The molecule has 0 aromatic rings. The van der Waals surface area contributed by atoms with Gasteiger partial charge in [0.1, 0.15) is 0 Å². The molecule has 0 aliphatic carbocycles. The van der Waals surface area contributed by atoms with E-state index in [0.29, 0.717) is 0 Å². The number of sulfonamides is 1. The molecule has 0 unspecified atom stereocenters. The molecule has 0 aliphatic rings. The maximum atomic E-state index is 11.7. The first kappa shape index (κ1) is 13.7. The first-order chi connectivity index (χ1) is 6.15. The van der Waals surface area contributed by atoms with Gasteiger partial charge in [0.2, 0.25) is 10.0 Å². The normalized spacial score (nSPS) is 13.6. The topological polar surface area (TPSA) is 46.2 Å². The molecule has 0 amide bonds. The van der Waals surface area contributed by atoms with Crippen molar-refractivity contribution in [1.82, 2.24) is 4.72 Å². The fourth-order valence-corrected chi connectivity index (χ4v) is 1.43. The van der Waals surface area contributed by atoms with Gasteiger partial charge in [-0.05, 0) is 20.3 Å². The zero-order valence-corrected chi connectivity index (χ0v) is 8.87. The van der Waals surface area contributed by atoms with Crippen LogP contribution < -0.4 is 4.72 Å². The van der Waals surface area contributed by atoms with Crippen LogP contribution in [0.2, 0.25) is 0 Å². The van der Waals surface area contributed by atoms with Crippen molar-refractivity contribution in [3.8, 4) is 0 Å². The van der Waals surface area contributed by atoms with Crippen molar-refractivity contribution in [2.45, 2.75) is 38.1 Å². The van der Waals surface area contributed by atoms with Gasteiger partial charge in [-0.3, -0.25) is 0 Å². The van der Waals surface area contributed by atoms with Gasteiger partial charge in [-0.1, -0.05) is 0 Å². The quantitative estimate of drug-likeness (QED) is 0.734. The van der Waals surface area contributed by atoms with Gasteiger partial charge in [-0.2, -0.15) is 13.2 Å². The van der Waals surface area contributed by atoms with Crippen LogP contribution in [0, 0.1) is 0 Å². The lowest BCUT2D eigenvalue weighted by atomic mass is 10.3. The second-order valence-corrected chi connectivity index (χ2v) is 5.53. The summed E-state index contributed by atoms with van der Waals surface area (Å²) >= 11 is 0. The van der Waals surface area contributed by atoms with E-state index >= 15 is 0 Å².